The van der Waals surface area contributed by atoms with Gasteiger partial charge in [-0.25, -0.2) is 0 Å². The van der Waals surface area contributed by atoms with Crippen molar-refractivity contribution < 1.29 is 4.79 Å². The Labute approximate surface area is 262 Å². The lowest BCUT2D eigenvalue weighted by Gasteiger charge is -2.36. The van der Waals surface area contributed by atoms with Crippen molar-refractivity contribution in [3.8, 4) is 0 Å². The van der Waals surface area contributed by atoms with Crippen molar-refractivity contribution in [2.24, 2.45) is 17.2 Å². The lowest BCUT2D eigenvalue weighted by atomic mass is 9.67. The highest BCUT2D eigenvalue weighted by molar-refractivity contribution is 6.07. The molecule has 0 saturated heterocycles. The number of hydrazine groups is 1. The van der Waals surface area contributed by atoms with Crippen LogP contribution in [0.15, 0.2) is 72.1 Å². The quantitative estimate of drug-likeness (QED) is 0.123. The van der Waals surface area contributed by atoms with E-state index in [0.717, 1.165) is 66.2 Å². The number of rotatable bonds is 11. The van der Waals surface area contributed by atoms with E-state index in [2.05, 4.69) is 111 Å². The Balaban J connectivity index is 1.40. The molecule has 3 aliphatic rings. The maximum absolute atomic E-state index is 13.8. The number of carbonyl (C=O) groups excluding carboxylic acids is 1. The average molecular weight is 589 g/mol. The molecule has 44 heavy (non-hydrogen) atoms. The molecule has 0 spiro atoms. The first-order valence-corrected chi connectivity index (χ1v) is 16.1. The monoisotopic (exact) mass is 588 g/mol. The topological polar surface area (TPSA) is 83.3 Å². The summed E-state index contributed by atoms with van der Waals surface area (Å²) in [6, 6.07) is 13.3. The number of benzene rings is 2. The van der Waals surface area contributed by atoms with Gasteiger partial charge in [0.2, 0.25) is 0 Å². The molecule has 229 valence electrons. The second-order valence-electron chi connectivity index (χ2n) is 13.3. The number of fused-ring (bicyclic) bond motifs is 3. The van der Waals surface area contributed by atoms with Crippen LogP contribution in [0.1, 0.15) is 84.9 Å². The molecule has 4 N–H and O–H groups in total. The molecule has 0 fully saturated rings. The van der Waals surface area contributed by atoms with Gasteiger partial charge in [-0.3, -0.25) is 20.5 Å². The summed E-state index contributed by atoms with van der Waals surface area (Å²) in [7, 11) is 0. The second kappa shape index (κ2) is 12.0. The van der Waals surface area contributed by atoms with Gasteiger partial charge in [0.05, 0.1) is 11.4 Å². The minimum absolute atomic E-state index is 0.162. The zero-order chi connectivity index (χ0) is 31.2. The number of ketones is 1. The highest BCUT2D eigenvalue weighted by Crippen LogP contribution is 2.49. The minimum Gasteiger partial charge on any atom is -0.384 e. The molecule has 1 aliphatic heterocycles. The van der Waals surface area contributed by atoms with E-state index in [1.807, 2.05) is 18.7 Å². The Morgan fingerprint density at radius 1 is 1.16 bits per heavy atom. The molecule has 6 heteroatoms. The van der Waals surface area contributed by atoms with Crippen LogP contribution in [0.3, 0.4) is 0 Å². The van der Waals surface area contributed by atoms with Crippen molar-refractivity contribution in [2.75, 3.05) is 23.8 Å². The SMILES string of the molecule is CCNc1ccc([C@@H](c2ccc(C)c(CN3Cc4cnccc4C4C=C4[C@H](CC)C3)c2)C(C)(C)C(=O)C2=C[CH]2)c(C)c1NN. The van der Waals surface area contributed by atoms with E-state index < -0.39 is 5.41 Å². The summed E-state index contributed by atoms with van der Waals surface area (Å²) < 4.78 is 0. The summed E-state index contributed by atoms with van der Waals surface area (Å²) in [5.41, 5.74) is 15.1. The van der Waals surface area contributed by atoms with Crippen LogP contribution in [-0.2, 0) is 17.9 Å². The number of nitrogens with one attached hydrogen (secondary N) is 2. The summed E-state index contributed by atoms with van der Waals surface area (Å²) in [4.78, 5) is 20.9. The molecule has 2 aromatic carbocycles. The molecule has 1 radical (unpaired) electrons. The van der Waals surface area contributed by atoms with Gasteiger partial charge in [0.1, 0.15) is 0 Å². The van der Waals surface area contributed by atoms with Crippen LogP contribution in [0.4, 0.5) is 11.4 Å². The third kappa shape index (κ3) is 5.62. The number of nitrogen functional groups attached to an aromatic ring is 1. The summed E-state index contributed by atoms with van der Waals surface area (Å²) in [5, 5.41) is 3.42. The zero-order valence-corrected chi connectivity index (χ0v) is 27.0. The number of hydrogen-bond donors (Lipinski definition) is 3. The van der Waals surface area contributed by atoms with E-state index >= 15 is 0 Å². The van der Waals surface area contributed by atoms with Crippen LogP contribution in [0.5, 0.6) is 0 Å². The lowest BCUT2D eigenvalue weighted by Crippen LogP contribution is -2.33. The number of hydrogen-bond acceptors (Lipinski definition) is 6. The molecule has 6 rings (SSSR count). The van der Waals surface area contributed by atoms with Crippen LogP contribution in [0.2, 0.25) is 0 Å². The Bertz CT molecular complexity index is 1650. The highest BCUT2D eigenvalue weighted by Gasteiger charge is 2.43. The second-order valence-corrected chi connectivity index (χ2v) is 13.3. The minimum atomic E-state index is -0.673. The lowest BCUT2D eigenvalue weighted by molar-refractivity contribution is -0.123. The number of nitrogens with zero attached hydrogens (tertiary/aromatic N) is 2. The van der Waals surface area contributed by atoms with Crippen molar-refractivity contribution in [1.29, 1.82) is 0 Å². The fourth-order valence-corrected chi connectivity index (χ4v) is 7.41. The molecule has 3 atom stereocenters. The number of carbonyl (C=O) groups is 1. The van der Waals surface area contributed by atoms with Crippen molar-refractivity contribution in [3.05, 3.63) is 117 Å². The number of nitrogens with two attached hydrogens (primary N) is 1. The molecule has 0 bridgehead atoms. The van der Waals surface area contributed by atoms with Gasteiger partial charge in [0.25, 0.3) is 0 Å². The fraction of sp³-hybridized carbons (Fsp3) is 0.395. The predicted molar refractivity (Wildman–Crippen MR) is 180 cm³/mol. The van der Waals surface area contributed by atoms with Crippen molar-refractivity contribution in [3.63, 3.8) is 0 Å². The molecule has 3 aromatic rings. The molecule has 1 aromatic heterocycles. The smallest absolute Gasteiger partial charge is 0.165 e. The van der Waals surface area contributed by atoms with Gasteiger partial charge in [0, 0.05) is 67.8 Å². The first kappa shape index (κ1) is 30.3. The van der Waals surface area contributed by atoms with Gasteiger partial charge in [-0.15, -0.1) is 0 Å². The molecule has 1 unspecified atom stereocenters. The largest absolute Gasteiger partial charge is 0.384 e. The number of aryl methyl sites for hydroxylation is 1. The van der Waals surface area contributed by atoms with E-state index in [1.54, 1.807) is 5.57 Å². The number of aromatic nitrogens is 1. The molecule has 0 saturated carbocycles. The standard InChI is InChI=1S/C38H46N5O/c1-7-25-20-43(22-29-19-40-16-15-31(29)33-18-32(25)33)21-28-17-27(10-9-23(28)3)35(38(5,6)37(44)26-11-12-26)30-13-14-34(41-8-2)36(42-39)24(30)4/h9-19,25,33,35,41-42H,7-8,20-22,39H2,1-6H3/t25-,33?,35-/m1/s1. The van der Waals surface area contributed by atoms with Gasteiger partial charge in [-0.05, 0) is 84.2 Å². The number of allylic oxidation sites excluding steroid dienone is 3. The number of anilines is 2. The van der Waals surface area contributed by atoms with E-state index in [1.165, 1.54) is 22.3 Å². The first-order chi connectivity index (χ1) is 21.2. The fourth-order valence-electron chi connectivity index (χ4n) is 7.41. The maximum Gasteiger partial charge on any atom is 0.165 e. The third-order valence-electron chi connectivity index (χ3n) is 10.1. The summed E-state index contributed by atoms with van der Waals surface area (Å²) in [6.45, 7) is 16.4. The summed E-state index contributed by atoms with van der Waals surface area (Å²) >= 11 is 0. The maximum atomic E-state index is 13.8. The van der Waals surface area contributed by atoms with Crippen LogP contribution in [0.25, 0.3) is 0 Å². The highest BCUT2D eigenvalue weighted by atomic mass is 16.1. The van der Waals surface area contributed by atoms with E-state index in [4.69, 9.17) is 5.84 Å². The Morgan fingerprint density at radius 2 is 1.95 bits per heavy atom. The Kier molecular flexibility index (Phi) is 8.25. The number of pyridine rings is 1. The van der Waals surface area contributed by atoms with Gasteiger partial charge in [-0.2, -0.15) is 0 Å². The van der Waals surface area contributed by atoms with Crippen molar-refractivity contribution >= 4 is 17.2 Å². The first-order valence-electron chi connectivity index (χ1n) is 16.1. The van der Waals surface area contributed by atoms with E-state index in [9.17, 15) is 4.79 Å². The third-order valence-corrected chi connectivity index (χ3v) is 10.1. The normalized spacial score (nSPS) is 19.9. The van der Waals surface area contributed by atoms with E-state index in [-0.39, 0.29) is 11.7 Å². The molecule has 6 nitrogen and oxygen atoms in total. The van der Waals surface area contributed by atoms with Crippen LogP contribution in [0, 0.1) is 31.6 Å². The van der Waals surface area contributed by atoms with Crippen LogP contribution < -0.4 is 16.6 Å². The summed E-state index contributed by atoms with van der Waals surface area (Å²) in [5.74, 6) is 7.15. The van der Waals surface area contributed by atoms with Crippen LogP contribution >= 0.6 is 0 Å². The molecule has 2 heterocycles. The van der Waals surface area contributed by atoms with Gasteiger partial charge >= 0.3 is 0 Å². The van der Waals surface area contributed by atoms with Gasteiger partial charge in [0.15, 0.2) is 5.78 Å². The number of Topliss-reactive ketones (excluding diaryl/α,β-unsaturated/α-hetero) is 1. The molecular formula is C38H46N5O. The van der Waals surface area contributed by atoms with Gasteiger partial charge in [-0.1, -0.05) is 62.8 Å². The van der Waals surface area contributed by atoms with Crippen molar-refractivity contribution in [2.45, 2.75) is 72.9 Å². The average Bonchev–Trinajstić information content (AvgIpc) is 3.93. The van der Waals surface area contributed by atoms with Crippen molar-refractivity contribution in [1.82, 2.24) is 9.88 Å². The van der Waals surface area contributed by atoms with Gasteiger partial charge < -0.3 is 10.7 Å². The molecule has 0 amide bonds. The Morgan fingerprint density at radius 3 is 2.66 bits per heavy atom. The predicted octanol–water partition coefficient (Wildman–Crippen LogP) is 7.35. The summed E-state index contributed by atoms with van der Waals surface area (Å²) in [6.07, 6.45) is 11.4. The van der Waals surface area contributed by atoms with E-state index in [0.29, 0.717) is 11.8 Å². The Hall–Kier alpha value is -3.74. The zero-order valence-electron chi connectivity index (χ0n) is 27.0. The molecular weight excluding hydrogens is 542 g/mol. The molecule has 2 aliphatic carbocycles. The van der Waals surface area contributed by atoms with Crippen LogP contribution in [-0.4, -0.2) is 28.8 Å².